The van der Waals surface area contributed by atoms with Crippen LogP contribution in [-0.4, -0.2) is 51.7 Å². The van der Waals surface area contributed by atoms with E-state index in [0.717, 1.165) is 11.0 Å². The minimum absolute atomic E-state index is 0.0524. The van der Waals surface area contributed by atoms with E-state index in [2.05, 4.69) is 21.2 Å². The van der Waals surface area contributed by atoms with Crippen molar-refractivity contribution in [3.63, 3.8) is 0 Å². The first-order chi connectivity index (χ1) is 16.0. The van der Waals surface area contributed by atoms with Crippen molar-refractivity contribution in [2.75, 3.05) is 12.0 Å². The molecule has 2 aromatic carbocycles. The van der Waals surface area contributed by atoms with E-state index in [1.54, 1.807) is 18.2 Å². The number of aliphatic hydroxyl groups excluding tert-OH is 1. The molecule has 3 N–H and O–H groups in total. The van der Waals surface area contributed by atoms with Crippen LogP contribution in [0.3, 0.4) is 0 Å². The third-order valence-electron chi connectivity index (χ3n) is 6.43. The third kappa shape index (κ3) is 3.37. The average Bonchev–Trinajstić information content (AvgIpc) is 3.28. The SMILES string of the molecule is COc1ccc(Br)cc1C1NC(C(=O)O)(C(C)O)C2C(=O)N(c3cccc([N+](=O)[O-])c3)C(=O)C12. The Morgan fingerprint density at radius 3 is 2.56 bits per heavy atom. The van der Waals surface area contributed by atoms with E-state index in [-0.39, 0.29) is 11.4 Å². The van der Waals surface area contributed by atoms with Crippen LogP contribution in [0.25, 0.3) is 0 Å². The topological polar surface area (TPSA) is 159 Å². The van der Waals surface area contributed by atoms with E-state index in [1.165, 1.54) is 32.2 Å². The lowest BCUT2D eigenvalue weighted by atomic mass is 9.76. The molecule has 5 atom stereocenters. The number of imide groups is 1. The second-order valence-corrected chi connectivity index (χ2v) is 9.07. The lowest BCUT2D eigenvalue weighted by molar-refractivity contribution is -0.384. The van der Waals surface area contributed by atoms with Gasteiger partial charge in [0, 0.05) is 28.2 Å². The largest absolute Gasteiger partial charge is 0.496 e. The van der Waals surface area contributed by atoms with Gasteiger partial charge >= 0.3 is 5.97 Å². The molecule has 11 nitrogen and oxygen atoms in total. The number of nitrogens with one attached hydrogen (secondary N) is 1. The average molecular weight is 534 g/mol. The normalized spacial score (nSPS) is 26.9. The van der Waals surface area contributed by atoms with Gasteiger partial charge in [0.05, 0.1) is 35.7 Å². The minimum atomic E-state index is -2.19. The smallest absolute Gasteiger partial charge is 0.327 e. The van der Waals surface area contributed by atoms with Gasteiger partial charge in [0.15, 0.2) is 5.54 Å². The summed E-state index contributed by atoms with van der Waals surface area (Å²) in [6.45, 7) is 1.23. The molecule has 0 aromatic heterocycles. The van der Waals surface area contributed by atoms with Crippen molar-refractivity contribution in [1.29, 1.82) is 0 Å². The van der Waals surface area contributed by atoms with E-state index >= 15 is 0 Å². The van der Waals surface area contributed by atoms with Crippen molar-refractivity contribution in [2.45, 2.75) is 24.6 Å². The van der Waals surface area contributed by atoms with Crippen LogP contribution >= 0.6 is 15.9 Å². The number of anilines is 1. The zero-order valence-corrected chi connectivity index (χ0v) is 19.6. The van der Waals surface area contributed by atoms with Gasteiger partial charge in [0.25, 0.3) is 5.69 Å². The van der Waals surface area contributed by atoms with Crippen LogP contribution in [0.5, 0.6) is 5.75 Å². The second kappa shape index (κ2) is 8.46. The molecule has 12 heteroatoms. The number of aliphatic carboxylic acids is 1. The number of hydrogen-bond acceptors (Lipinski definition) is 8. The van der Waals surface area contributed by atoms with Gasteiger partial charge in [0.1, 0.15) is 5.75 Å². The number of amides is 2. The molecule has 2 aromatic rings. The number of aliphatic hydroxyl groups is 1. The Labute approximate surface area is 201 Å². The van der Waals surface area contributed by atoms with E-state index in [0.29, 0.717) is 15.8 Å². The summed E-state index contributed by atoms with van der Waals surface area (Å²) in [4.78, 5) is 51.1. The molecule has 4 rings (SSSR count). The molecule has 2 heterocycles. The Hall–Kier alpha value is -3.35. The van der Waals surface area contributed by atoms with Gasteiger partial charge in [-0.05, 0) is 31.2 Å². The maximum absolute atomic E-state index is 13.6. The molecule has 2 amide bonds. The fourth-order valence-electron chi connectivity index (χ4n) is 4.92. The number of nitro benzene ring substituents is 1. The number of benzene rings is 2. The molecule has 2 aliphatic rings. The predicted molar refractivity (Wildman–Crippen MR) is 121 cm³/mol. The number of carboxylic acids is 1. The number of ether oxygens (including phenoxy) is 1. The van der Waals surface area contributed by atoms with Crippen LogP contribution in [-0.2, 0) is 14.4 Å². The van der Waals surface area contributed by atoms with Gasteiger partial charge in [-0.25, -0.2) is 4.90 Å². The van der Waals surface area contributed by atoms with Crippen molar-refractivity contribution in [1.82, 2.24) is 5.32 Å². The highest BCUT2D eigenvalue weighted by Crippen LogP contribution is 2.52. The number of nitro groups is 1. The Balaban J connectivity index is 1.92. The summed E-state index contributed by atoms with van der Waals surface area (Å²) in [5.41, 5.74) is -2.16. The summed E-state index contributed by atoms with van der Waals surface area (Å²) in [5, 5.41) is 34.8. The van der Waals surface area contributed by atoms with E-state index < -0.39 is 52.2 Å². The number of carboxylic acid groups (broad SMARTS) is 1. The lowest BCUT2D eigenvalue weighted by Gasteiger charge is -2.33. The number of methoxy groups -OCH3 is 1. The summed E-state index contributed by atoms with van der Waals surface area (Å²) in [6, 6.07) is 8.92. The first-order valence-electron chi connectivity index (χ1n) is 10.2. The number of carbonyl (C=O) groups excluding carboxylic acids is 2. The number of non-ortho nitro benzene ring substituents is 1. The van der Waals surface area contributed by atoms with Gasteiger partial charge in [-0.2, -0.15) is 0 Å². The fraction of sp³-hybridized carbons (Fsp3) is 0.318. The van der Waals surface area contributed by atoms with Crippen LogP contribution in [0.4, 0.5) is 11.4 Å². The standard InChI is InChI=1S/C22H20BrN3O8/c1-10(27)22(21(30)31)17-16(18(24-22)14-8-11(23)6-7-15(14)34-2)19(28)25(20(17)29)12-4-3-5-13(9-12)26(32)33/h3-10,16-18,24,27H,1-2H3,(H,30,31). The molecule has 0 bridgehead atoms. The molecule has 2 saturated heterocycles. The first kappa shape index (κ1) is 23.8. The van der Waals surface area contributed by atoms with Gasteiger partial charge in [-0.3, -0.25) is 29.8 Å². The van der Waals surface area contributed by atoms with Crippen molar-refractivity contribution in [3.05, 3.63) is 62.6 Å². The number of carbonyl (C=O) groups is 3. The van der Waals surface area contributed by atoms with Crippen molar-refractivity contribution in [2.24, 2.45) is 11.8 Å². The molecular formula is C22H20BrN3O8. The van der Waals surface area contributed by atoms with Crippen LogP contribution in [0.15, 0.2) is 46.9 Å². The van der Waals surface area contributed by atoms with E-state index in [4.69, 9.17) is 4.74 Å². The highest BCUT2D eigenvalue weighted by Gasteiger charge is 2.70. The maximum atomic E-state index is 13.6. The highest BCUT2D eigenvalue weighted by atomic mass is 79.9. The third-order valence-corrected chi connectivity index (χ3v) is 6.93. The fourth-order valence-corrected chi connectivity index (χ4v) is 5.30. The summed E-state index contributed by atoms with van der Waals surface area (Å²) < 4.78 is 6.03. The Morgan fingerprint density at radius 2 is 1.97 bits per heavy atom. The molecule has 2 aliphatic heterocycles. The quantitative estimate of drug-likeness (QED) is 0.286. The molecule has 0 spiro atoms. The summed E-state index contributed by atoms with van der Waals surface area (Å²) >= 11 is 3.35. The van der Waals surface area contributed by atoms with Crippen LogP contribution < -0.4 is 15.0 Å². The van der Waals surface area contributed by atoms with Crippen molar-refractivity contribution >= 4 is 45.1 Å². The molecule has 0 saturated carbocycles. The molecule has 5 unspecified atom stereocenters. The van der Waals surface area contributed by atoms with E-state index in [9.17, 15) is 34.7 Å². The summed E-state index contributed by atoms with van der Waals surface area (Å²) in [7, 11) is 1.41. The van der Waals surface area contributed by atoms with Crippen molar-refractivity contribution < 1.29 is 34.3 Å². The van der Waals surface area contributed by atoms with Crippen LogP contribution in [0.1, 0.15) is 18.5 Å². The number of hydrogen-bond donors (Lipinski definition) is 3. The molecule has 0 aliphatic carbocycles. The molecule has 34 heavy (non-hydrogen) atoms. The molecule has 0 radical (unpaired) electrons. The highest BCUT2D eigenvalue weighted by molar-refractivity contribution is 9.10. The molecular weight excluding hydrogens is 514 g/mol. The number of rotatable bonds is 6. The number of fused-ring (bicyclic) bond motifs is 1. The zero-order valence-electron chi connectivity index (χ0n) is 18.0. The number of halogens is 1. The van der Waals surface area contributed by atoms with Gasteiger partial charge < -0.3 is 14.9 Å². The van der Waals surface area contributed by atoms with Gasteiger partial charge in [0.2, 0.25) is 11.8 Å². The second-order valence-electron chi connectivity index (χ2n) is 8.15. The first-order valence-corrected chi connectivity index (χ1v) is 11.0. The predicted octanol–water partition coefficient (Wildman–Crippen LogP) is 2.02. The summed E-state index contributed by atoms with van der Waals surface area (Å²) in [5.74, 6) is -5.47. The maximum Gasteiger partial charge on any atom is 0.327 e. The number of nitrogens with zero attached hydrogens (tertiary/aromatic N) is 2. The Kier molecular flexibility index (Phi) is 5.92. The van der Waals surface area contributed by atoms with Crippen molar-refractivity contribution in [3.8, 4) is 5.75 Å². The minimum Gasteiger partial charge on any atom is -0.496 e. The Morgan fingerprint density at radius 1 is 1.26 bits per heavy atom. The van der Waals surface area contributed by atoms with Crippen LogP contribution in [0.2, 0.25) is 0 Å². The molecule has 2 fully saturated rings. The van der Waals surface area contributed by atoms with Gasteiger partial charge in [-0.15, -0.1) is 0 Å². The Bertz CT molecular complexity index is 1220. The molecule has 178 valence electrons. The van der Waals surface area contributed by atoms with Gasteiger partial charge in [-0.1, -0.05) is 22.0 Å². The summed E-state index contributed by atoms with van der Waals surface area (Å²) in [6.07, 6.45) is -1.57. The van der Waals surface area contributed by atoms with Crippen LogP contribution in [0, 0.1) is 22.0 Å². The monoisotopic (exact) mass is 533 g/mol. The lowest BCUT2D eigenvalue weighted by Crippen LogP contribution is -2.62. The zero-order chi connectivity index (χ0) is 24.9. The van der Waals surface area contributed by atoms with E-state index in [1.807, 2.05) is 0 Å².